The summed E-state index contributed by atoms with van der Waals surface area (Å²) in [6, 6.07) is 5.03. The molecule has 0 radical (unpaired) electrons. The van der Waals surface area contributed by atoms with Crippen LogP contribution in [-0.4, -0.2) is 23.5 Å². The molecule has 114 valence electrons. The van der Waals surface area contributed by atoms with Crippen LogP contribution < -0.4 is 5.73 Å². The maximum atomic E-state index is 6.44. The third kappa shape index (κ3) is 3.09. The predicted octanol–water partition coefficient (Wildman–Crippen LogP) is 3.73. The second-order valence-corrected chi connectivity index (χ2v) is 6.72. The molecule has 0 aromatic carbocycles. The van der Waals surface area contributed by atoms with Gasteiger partial charge in [-0.1, -0.05) is 20.8 Å². The summed E-state index contributed by atoms with van der Waals surface area (Å²) in [7, 11) is 0. The highest BCUT2D eigenvalue weighted by atomic mass is 16.3. The van der Waals surface area contributed by atoms with Crippen molar-refractivity contribution in [3.05, 3.63) is 23.7 Å². The molecule has 1 fully saturated rings. The van der Waals surface area contributed by atoms with E-state index in [1.54, 1.807) is 0 Å². The van der Waals surface area contributed by atoms with E-state index in [4.69, 9.17) is 10.2 Å². The van der Waals surface area contributed by atoms with Gasteiger partial charge in [0.15, 0.2) is 0 Å². The van der Waals surface area contributed by atoms with E-state index in [9.17, 15) is 0 Å². The Morgan fingerprint density at radius 3 is 2.60 bits per heavy atom. The Balaban J connectivity index is 2.30. The predicted molar refractivity (Wildman–Crippen MR) is 83.6 cm³/mol. The maximum Gasteiger partial charge on any atom is 0.122 e. The summed E-state index contributed by atoms with van der Waals surface area (Å²) in [6.07, 6.45) is 2.28. The molecule has 0 saturated carbocycles. The molecule has 2 N–H and O–H groups in total. The number of rotatable bonds is 4. The molecule has 3 nitrogen and oxygen atoms in total. The van der Waals surface area contributed by atoms with E-state index in [0.29, 0.717) is 12.0 Å². The lowest BCUT2D eigenvalue weighted by atomic mass is 9.83. The summed E-state index contributed by atoms with van der Waals surface area (Å²) < 4.78 is 5.92. The molecule has 0 amide bonds. The second kappa shape index (κ2) is 6.31. The van der Waals surface area contributed by atoms with Gasteiger partial charge in [-0.25, -0.2) is 0 Å². The van der Waals surface area contributed by atoms with Crippen molar-refractivity contribution in [2.45, 2.75) is 65.6 Å². The molecular weight excluding hydrogens is 248 g/mol. The van der Waals surface area contributed by atoms with Crippen LogP contribution in [-0.2, 0) is 0 Å². The van der Waals surface area contributed by atoms with Gasteiger partial charge in [-0.3, -0.25) is 4.90 Å². The van der Waals surface area contributed by atoms with Crippen LogP contribution >= 0.6 is 0 Å². The van der Waals surface area contributed by atoms with E-state index in [1.165, 1.54) is 6.42 Å². The van der Waals surface area contributed by atoms with Crippen LogP contribution in [0.25, 0.3) is 0 Å². The molecule has 1 saturated heterocycles. The zero-order valence-corrected chi connectivity index (χ0v) is 13.6. The summed E-state index contributed by atoms with van der Waals surface area (Å²) >= 11 is 0. The lowest BCUT2D eigenvalue weighted by Crippen LogP contribution is -2.51. The third-order valence-electron chi connectivity index (χ3n) is 4.93. The summed E-state index contributed by atoms with van der Waals surface area (Å²) in [5.41, 5.74) is 6.44. The molecule has 1 aromatic heterocycles. The topological polar surface area (TPSA) is 42.4 Å². The average molecular weight is 278 g/mol. The largest absolute Gasteiger partial charge is 0.465 e. The van der Waals surface area contributed by atoms with Crippen molar-refractivity contribution in [2.24, 2.45) is 17.6 Å². The van der Waals surface area contributed by atoms with Gasteiger partial charge in [0.1, 0.15) is 11.5 Å². The van der Waals surface area contributed by atoms with Gasteiger partial charge in [0.05, 0.1) is 6.04 Å². The van der Waals surface area contributed by atoms with Crippen molar-refractivity contribution < 1.29 is 4.42 Å². The van der Waals surface area contributed by atoms with Crippen LogP contribution in [0.4, 0.5) is 0 Å². The molecule has 1 aromatic rings. The van der Waals surface area contributed by atoms with Crippen LogP contribution in [0, 0.1) is 18.8 Å². The minimum absolute atomic E-state index is 0.125. The molecule has 2 heterocycles. The van der Waals surface area contributed by atoms with Crippen molar-refractivity contribution in [1.82, 2.24) is 4.90 Å². The summed E-state index contributed by atoms with van der Waals surface area (Å²) in [5.74, 6) is 3.44. The van der Waals surface area contributed by atoms with Crippen LogP contribution in [0.3, 0.4) is 0 Å². The van der Waals surface area contributed by atoms with E-state index >= 15 is 0 Å². The Hall–Kier alpha value is -0.800. The average Bonchev–Trinajstić information content (AvgIpc) is 2.81. The molecule has 20 heavy (non-hydrogen) atoms. The molecule has 1 aliphatic rings. The monoisotopic (exact) mass is 278 g/mol. The van der Waals surface area contributed by atoms with Gasteiger partial charge in [-0.2, -0.15) is 0 Å². The number of piperidine rings is 1. The summed E-state index contributed by atoms with van der Waals surface area (Å²) in [4.78, 5) is 2.57. The fourth-order valence-corrected chi connectivity index (χ4v) is 3.58. The fraction of sp³-hybridized carbons (Fsp3) is 0.765. The minimum Gasteiger partial charge on any atom is -0.465 e. The Bertz CT molecular complexity index is 428. The Morgan fingerprint density at radius 1 is 1.35 bits per heavy atom. The number of hydrogen-bond acceptors (Lipinski definition) is 3. The van der Waals surface area contributed by atoms with E-state index in [1.807, 2.05) is 13.0 Å². The Kier molecular flexibility index (Phi) is 4.92. The van der Waals surface area contributed by atoms with Gasteiger partial charge in [0, 0.05) is 18.6 Å². The normalized spacial score (nSPS) is 31.2. The highest BCUT2D eigenvalue weighted by Gasteiger charge is 2.37. The Labute approximate surface area is 123 Å². The second-order valence-electron chi connectivity index (χ2n) is 6.72. The number of furan rings is 1. The van der Waals surface area contributed by atoms with Gasteiger partial charge in [0.2, 0.25) is 0 Å². The SMILES string of the molecule is CCC(N)C(c1ccc(C)o1)N1CC(C)CC(C)C1C. The van der Waals surface area contributed by atoms with Crippen molar-refractivity contribution in [1.29, 1.82) is 0 Å². The van der Waals surface area contributed by atoms with Crippen molar-refractivity contribution in [3.8, 4) is 0 Å². The minimum atomic E-state index is 0.125. The maximum absolute atomic E-state index is 6.44. The highest BCUT2D eigenvalue weighted by Crippen LogP contribution is 2.36. The van der Waals surface area contributed by atoms with Gasteiger partial charge >= 0.3 is 0 Å². The van der Waals surface area contributed by atoms with Crippen LogP contribution in [0.15, 0.2) is 16.5 Å². The van der Waals surface area contributed by atoms with E-state index < -0.39 is 0 Å². The van der Waals surface area contributed by atoms with E-state index in [0.717, 1.165) is 30.4 Å². The first-order valence-corrected chi connectivity index (χ1v) is 8.01. The fourth-order valence-electron chi connectivity index (χ4n) is 3.58. The highest BCUT2D eigenvalue weighted by molar-refractivity contribution is 5.13. The summed E-state index contributed by atoms with van der Waals surface area (Å²) in [6.45, 7) is 12.3. The number of nitrogens with two attached hydrogens (primary N) is 1. The van der Waals surface area contributed by atoms with Crippen molar-refractivity contribution in [2.75, 3.05) is 6.54 Å². The van der Waals surface area contributed by atoms with Gasteiger partial charge < -0.3 is 10.2 Å². The zero-order valence-electron chi connectivity index (χ0n) is 13.6. The van der Waals surface area contributed by atoms with Gasteiger partial charge in [0.25, 0.3) is 0 Å². The molecule has 3 heteroatoms. The molecular formula is C17H30N2O. The van der Waals surface area contributed by atoms with Crippen LogP contribution in [0.5, 0.6) is 0 Å². The molecule has 0 spiro atoms. The van der Waals surface area contributed by atoms with E-state index in [2.05, 4.69) is 38.7 Å². The first-order valence-electron chi connectivity index (χ1n) is 8.01. The third-order valence-corrected chi connectivity index (χ3v) is 4.93. The first kappa shape index (κ1) is 15.6. The van der Waals surface area contributed by atoms with Gasteiger partial charge in [-0.15, -0.1) is 0 Å². The molecule has 1 aliphatic heterocycles. The van der Waals surface area contributed by atoms with E-state index in [-0.39, 0.29) is 12.1 Å². The zero-order chi connectivity index (χ0) is 14.9. The standard InChI is InChI=1S/C17H30N2O/c1-6-15(18)17(16-8-7-13(4)20-16)19-10-11(2)9-12(3)14(19)5/h7-8,11-12,14-15,17H,6,9-10,18H2,1-5H3. The lowest BCUT2D eigenvalue weighted by Gasteiger charge is -2.46. The van der Waals surface area contributed by atoms with Crippen LogP contribution in [0.1, 0.15) is 58.1 Å². The van der Waals surface area contributed by atoms with Crippen LogP contribution in [0.2, 0.25) is 0 Å². The lowest BCUT2D eigenvalue weighted by molar-refractivity contribution is 0.0200. The van der Waals surface area contributed by atoms with Crippen molar-refractivity contribution >= 4 is 0 Å². The molecule has 5 unspecified atom stereocenters. The molecule has 0 bridgehead atoms. The molecule has 5 atom stereocenters. The quantitative estimate of drug-likeness (QED) is 0.912. The van der Waals surface area contributed by atoms with Gasteiger partial charge in [-0.05, 0) is 50.7 Å². The molecule has 0 aliphatic carbocycles. The number of nitrogens with zero attached hydrogens (tertiary/aromatic N) is 1. The Morgan fingerprint density at radius 2 is 2.05 bits per heavy atom. The first-order chi connectivity index (χ1) is 9.43. The number of aryl methyl sites for hydroxylation is 1. The smallest absolute Gasteiger partial charge is 0.122 e. The number of hydrogen-bond donors (Lipinski definition) is 1. The summed E-state index contributed by atoms with van der Waals surface area (Å²) in [5, 5.41) is 0. The van der Waals surface area contributed by atoms with Crippen molar-refractivity contribution in [3.63, 3.8) is 0 Å². The molecule has 2 rings (SSSR count). The number of likely N-dealkylation sites (tertiary alicyclic amines) is 1.